The molecule has 0 saturated carbocycles. The molecule has 1 fully saturated rings. The summed E-state index contributed by atoms with van der Waals surface area (Å²) in [4.78, 5) is 20.2. The van der Waals surface area contributed by atoms with Crippen LogP contribution in [0, 0.1) is 11.8 Å². The molecular weight excluding hydrogens is 368 g/mol. The minimum atomic E-state index is 0.0755. The van der Waals surface area contributed by atoms with E-state index >= 15 is 0 Å². The van der Waals surface area contributed by atoms with E-state index in [1.54, 1.807) is 22.7 Å². The lowest BCUT2D eigenvalue weighted by Crippen LogP contribution is -2.42. The van der Waals surface area contributed by atoms with Gasteiger partial charge in [0.05, 0.1) is 4.88 Å². The molecular formula is C15H17BrN2OS2. The maximum absolute atomic E-state index is 12.6. The Labute approximate surface area is 141 Å². The van der Waals surface area contributed by atoms with Crippen LogP contribution in [0.2, 0.25) is 0 Å². The molecule has 3 nitrogen and oxygen atoms in total. The van der Waals surface area contributed by atoms with Gasteiger partial charge >= 0.3 is 0 Å². The first kappa shape index (κ1) is 15.2. The zero-order valence-corrected chi connectivity index (χ0v) is 15.2. The second kappa shape index (κ2) is 6.18. The van der Waals surface area contributed by atoms with Gasteiger partial charge in [0.2, 0.25) is 0 Å². The predicted molar refractivity (Wildman–Crippen MR) is 92.0 cm³/mol. The van der Waals surface area contributed by atoms with Crippen molar-refractivity contribution in [2.45, 2.75) is 20.3 Å². The standard InChI is InChI=1S/C15H17BrN2OS2/c1-9-3-10(2)6-18(5-9)15(19)12-8-21-14(17-12)13-4-11(16)7-20-13/h4,7-10H,3,5-6H2,1-2H3. The van der Waals surface area contributed by atoms with Gasteiger partial charge in [-0.05, 0) is 40.3 Å². The fourth-order valence-corrected chi connectivity index (χ4v) is 5.20. The van der Waals surface area contributed by atoms with Crippen molar-refractivity contribution in [1.82, 2.24) is 9.88 Å². The maximum atomic E-state index is 12.6. The number of carbonyl (C=O) groups is 1. The van der Waals surface area contributed by atoms with Crippen molar-refractivity contribution in [3.8, 4) is 9.88 Å². The number of aromatic nitrogens is 1. The molecule has 1 aliphatic rings. The highest BCUT2D eigenvalue weighted by Gasteiger charge is 2.27. The van der Waals surface area contributed by atoms with Gasteiger partial charge in [0.25, 0.3) is 5.91 Å². The van der Waals surface area contributed by atoms with Gasteiger partial charge in [0, 0.05) is 28.3 Å². The fraction of sp³-hybridized carbons (Fsp3) is 0.467. The van der Waals surface area contributed by atoms with E-state index in [1.807, 2.05) is 21.7 Å². The first-order valence-electron chi connectivity index (χ1n) is 7.02. The van der Waals surface area contributed by atoms with Gasteiger partial charge in [-0.3, -0.25) is 4.79 Å². The van der Waals surface area contributed by atoms with Crippen molar-refractivity contribution in [3.63, 3.8) is 0 Å². The van der Waals surface area contributed by atoms with Gasteiger partial charge in [0.15, 0.2) is 0 Å². The number of carbonyl (C=O) groups excluding carboxylic acids is 1. The number of likely N-dealkylation sites (tertiary alicyclic amines) is 1. The third-order valence-corrected chi connectivity index (χ3v) is 6.36. The lowest BCUT2D eigenvalue weighted by molar-refractivity contribution is 0.0618. The molecule has 21 heavy (non-hydrogen) atoms. The highest BCUT2D eigenvalue weighted by atomic mass is 79.9. The van der Waals surface area contributed by atoms with Gasteiger partial charge in [-0.25, -0.2) is 4.98 Å². The van der Waals surface area contributed by atoms with E-state index in [0.717, 1.165) is 27.4 Å². The predicted octanol–water partition coefficient (Wildman–Crippen LogP) is 4.75. The Morgan fingerprint density at radius 1 is 1.29 bits per heavy atom. The Morgan fingerprint density at radius 2 is 2.00 bits per heavy atom. The molecule has 2 aromatic heterocycles. The Balaban J connectivity index is 1.78. The van der Waals surface area contributed by atoms with Crippen LogP contribution in [0.5, 0.6) is 0 Å². The molecule has 0 spiro atoms. The lowest BCUT2D eigenvalue weighted by atomic mass is 9.92. The zero-order valence-electron chi connectivity index (χ0n) is 12.0. The summed E-state index contributed by atoms with van der Waals surface area (Å²) in [6.45, 7) is 6.12. The summed E-state index contributed by atoms with van der Waals surface area (Å²) in [5, 5.41) is 4.84. The molecule has 0 radical (unpaired) electrons. The molecule has 3 heterocycles. The van der Waals surface area contributed by atoms with Crippen molar-refractivity contribution in [2.24, 2.45) is 11.8 Å². The number of thiophene rings is 1. The molecule has 112 valence electrons. The highest BCUT2D eigenvalue weighted by molar-refractivity contribution is 9.10. The number of rotatable bonds is 2. The van der Waals surface area contributed by atoms with Gasteiger partial charge in [0.1, 0.15) is 10.7 Å². The first-order chi connectivity index (χ1) is 10.0. The maximum Gasteiger partial charge on any atom is 0.273 e. The molecule has 0 N–H and O–H groups in total. The van der Waals surface area contributed by atoms with Crippen molar-refractivity contribution in [1.29, 1.82) is 0 Å². The monoisotopic (exact) mass is 384 g/mol. The molecule has 1 saturated heterocycles. The summed E-state index contributed by atoms with van der Waals surface area (Å²) in [5.74, 6) is 1.22. The Bertz CT molecular complexity index is 642. The summed E-state index contributed by atoms with van der Waals surface area (Å²) in [7, 11) is 0. The van der Waals surface area contributed by atoms with Crippen LogP contribution in [0.3, 0.4) is 0 Å². The fourth-order valence-electron chi connectivity index (χ4n) is 2.90. The number of hydrogen-bond donors (Lipinski definition) is 0. The van der Waals surface area contributed by atoms with Crippen LogP contribution < -0.4 is 0 Å². The molecule has 0 aliphatic carbocycles. The van der Waals surface area contributed by atoms with E-state index in [2.05, 4.69) is 34.8 Å². The van der Waals surface area contributed by atoms with Gasteiger partial charge in [-0.2, -0.15) is 0 Å². The third kappa shape index (κ3) is 3.38. The van der Waals surface area contributed by atoms with E-state index in [9.17, 15) is 4.79 Å². The molecule has 0 bridgehead atoms. The number of halogens is 1. The summed E-state index contributed by atoms with van der Waals surface area (Å²) in [5.41, 5.74) is 0.584. The van der Waals surface area contributed by atoms with Crippen molar-refractivity contribution < 1.29 is 4.79 Å². The smallest absolute Gasteiger partial charge is 0.273 e. The van der Waals surface area contributed by atoms with Gasteiger partial charge in [-0.15, -0.1) is 22.7 Å². The van der Waals surface area contributed by atoms with Crippen LogP contribution in [0.1, 0.15) is 30.8 Å². The van der Waals surface area contributed by atoms with Crippen molar-refractivity contribution >= 4 is 44.5 Å². The van der Waals surface area contributed by atoms with Crippen LogP contribution in [0.15, 0.2) is 21.3 Å². The number of hydrogen-bond acceptors (Lipinski definition) is 4. The largest absolute Gasteiger partial charge is 0.337 e. The van der Waals surface area contributed by atoms with Crippen LogP contribution in [0.4, 0.5) is 0 Å². The Morgan fingerprint density at radius 3 is 2.62 bits per heavy atom. The van der Waals surface area contributed by atoms with E-state index in [-0.39, 0.29) is 5.91 Å². The van der Waals surface area contributed by atoms with E-state index in [4.69, 9.17) is 0 Å². The molecule has 3 rings (SSSR count). The third-order valence-electron chi connectivity index (χ3n) is 3.66. The number of nitrogens with zero attached hydrogens (tertiary/aromatic N) is 2. The molecule has 1 aliphatic heterocycles. The minimum Gasteiger partial charge on any atom is -0.337 e. The first-order valence-corrected chi connectivity index (χ1v) is 9.57. The molecule has 2 unspecified atom stereocenters. The lowest BCUT2D eigenvalue weighted by Gasteiger charge is -2.34. The molecule has 2 atom stereocenters. The molecule has 2 aromatic rings. The average Bonchev–Trinajstić information content (AvgIpc) is 3.05. The Kier molecular flexibility index (Phi) is 4.47. The van der Waals surface area contributed by atoms with Gasteiger partial charge in [-0.1, -0.05) is 13.8 Å². The quantitative estimate of drug-likeness (QED) is 0.747. The number of thiazole rings is 1. The molecule has 1 amide bonds. The second-order valence-electron chi connectivity index (χ2n) is 5.82. The summed E-state index contributed by atoms with van der Waals surface area (Å²) < 4.78 is 1.06. The van der Waals surface area contributed by atoms with E-state index in [0.29, 0.717) is 17.5 Å². The normalized spacial score (nSPS) is 22.5. The number of amides is 1. The van der Waals surface area contributed by atoms with Crippen LogP contribution in [-0.4, -0.2) is 28.9 Å². The van der Waals surface area contributed by atoms with E-state index in [1.165, 1.54) is 6.42 Å². The van der Waals surface area contributed by atoms with Crippen LogP contribution in [-0.2, 0) is 0 Å². The average molecular weight is 385 g/mol. The zero-order chi connectivity index (χ0) is 15.0. The highest BCUT2D eigenvalue weighted by Crippen LogP contribution is 2.32. The summed E-state index contributed by atoms with van der Waals surface area (Å²) in [6, 6.07) is 2.04. The Hall–Kier alpha value is -0.720. The van der Waals surface area contributed by atoms with Crippen LogP contribution >= 0.6 is 38.6 Å². The SMILES string of the molecule is CC1CC(C)CN(C(=O)c2csc(-c3cc(Br)cs3)n2)C1. The topological polar surface area (TPSA) is 33.2 Å². The van der Waals surface area contributed by atoms with Gasteiger partial charge < -0.3 is 4.90 Å². The van der Waals surface area contributed by atoms with Crippen LogP contribution in [0.25, 0.3) is 9.88 Å². The van der Waals surface area contributed by atoms with Crippen molar-refractivity contribution in [3.05, 3.63) is 27.0 Å². The number of piperidine rings is 1. The molecule has 6 heteroatoms. The minimum absolute atomic E-state index is 0.0755. The summed E-state index contributed by atoms with van der Waals surface area (Å²) >= 11 is 6.63. The molecule has 0 aromatic carbocycles. The van der Waals surface area contributed by atoms with Crippen molar-refractivity contribution in [2.75, 3.05) is 13.1 Å². The summed E-state index contributed by atoms with van der Waals surface area (Å²) in [6.07, 6.45) is 1.20. The van der Waals surface area contributed by atoms with E-state index < -0.39 is 0 Å². The second-order valence-corrected chi connectivity index (χ2v) is 8.51.